The Hall–Kier alpha value is -1.76. The number of carbonyl (C=O) groups excluding carboxylic acids is 1. The quantitative estimate of drug-likeness (QED) is 0.829. The lowest BCUT2D eigenvalue weighted by Crippen LogP contribution is -2.32. The Morgan fingerprint density at radius 1 is 1.17 bits per heavy atom. The SMILES string of the molecule is CC(C)(N)CCc1ccc(C(F)(F)F)cc1NC(=O)OC(C)(C)C. The van der Waals surface area contributed by atoms with E-state index < -0.39 is 29.0 Å². The van der Waals surface area contributed by atoms with Gasteiger partial charge in [0.2, 0.25) is 0 Å². The number of halogens is 3. The standard InChI is InChI=1S/C17H25F3N2O2/c1-15(2,3)24-14(23)22-13-10-12(17(18,19)20)7-6-11(13)8-9-16(4,5)21/h6-7,10H,8-9,21H2,1-5H3,(H,22,23). The highest BCUT2D eigenvalue weighted by Gasteiger charge is 2.31. The van der Waals surface area contributed by atoms with Crippen LogP contribution in [0.15, 0.2) is 18.2 Å². The zero-order valence-electron chi connectivity index (χ0n) is 14.7. The van der Waals surface area contributed by atoms with Gasteiger partial charge in [-0.25, -0.2) is 4.79 Å². The van der Waals surface area contributed by atoms with E-state index in [0.717, 1.165) is 12.1 Å². The van der Waals surface area contributed by atoms with Crippen LogP contribution in [0.2, 0.25) is 0 Å². The summed E-state index contributed by atoms with van der Waals surface area (Å²) in [6.07, 6.45) is -4.29. The maximum absolute atomic E-state index is 12.9. The Labute approximate surface area is 140 Å². The number of carbonyl (C=O) groups is 1. The van der Waals surface area contributed by atoms with Crippen molar-refractivity contribution < 1.29 is 22.7 Å². The molecular formula is C17H25F3N2O2. The zero-order valence-corrected chi connectivity index (χ0v) is 14.7. The normalized spacial score (nSPS) is 12.9. The van der Waals surface area contributed by atoms with Crippen molar-refractivity contribution in [3.05, 3.63) is 29.3 Å². The molecule has 0 aliphatic carbocycles. The molecule has 0 heterocycles. The third-order valence-electron chi connectivity index (χ3n) is 3.11. The van der Waals surface area contributed by atoms with E-state index in [9.17, 15) is 18.0 Å². The van der Waals surface area contributed by atoms with E-state index in [2.05, 4.69) is 5.32 Å². The fourth-order valence-electron chi connectivity index (χ4n) is 1.96. The molecule has 0 unspecified atom stereocenters. The average Bonchev–Trinajstić information content (AvgIpc) is 2.32. The van der Waals surface area contributed by atoms with Crippen LogP contribution in [0.4, 0.5) is 23.7 Å². The van der Waals surface area contributed by atoms with E-state index in [1.807, 2.05) is 13.8 Å². The maximum Gasteiger partial charge on any atom is 0.416 e. The molecule has 0 spiro atoms. The molecular weight excluding hydrogens is 321 g/mol. The van der Waals surface area contributed by atoms with Crippen molar-refractivity contribution in [3.63, 3.8) is 0 Å². The first-order chi connectivity index (χ1) is 10.7. The third kappa shape index (κ3) is 7.21. The summed E-state index contributed by atoms with van der Waals surface area (Å²) < 4.78 is 43.9. The van der Waals surface area contributed by atoms with E-state index in [1.165, 1.54) is 6.07 Å². The van der Waals surface area contributed by atoms with Crippen LogP contribution in [0.5, 0.6) is 0 Å². The van der Waals surface area contributed by atoms with Crippen molar-refractivity contribution in [2.75, 3.05) is 5.32 Å². The number of aryl methyl sites for hydroxylation is 1. The molecule has 3 N–H and O–H groups in total. The van der Waals surface area contributed by atoms with Crippen molar-refractivity contribution in [2.24, 2.45) is 5.73 Å². The molecule has 0 radical (unpaired) electrons. The van der Waals surface area contributed by atoms with Gasteiger partial charge in [-0.05, 0) is 65.2 Å². The number of alkyl halides is 3. The molecule has 1 rings (SSSR count). The number of amides is 1. The molecule has 136 valence electrons. The van der Waals surface area contributed by atoms with Gasteiger partial charge in [0.05, 0.1) is 5.56 Å². The Bertz CT molecular complexity index is 585. The second-order valence-electron chi connectivity index (χ2n) is 7.49. The van der Waals surface area contributed by atoms with Crippen LogP contribution in [0, 0.1) is 0 Å². The van der Waals surface area contributed by atoms with Crippen molar-refractivity contribution >= 4 is 11.8 Å². The van der Waals surface area contributed by atoms with Crippen molar-refractivity contribution in [2.45, 2.75) is 64.8 Å². The smallest absolute Gasteiger partial charge is 0.416 e. The molecule has 1 aromatic carbocycles. The first-order valence-corrected chi connectivity index (χ1v) is 7.66. The number of nitrogens with one attached hydrogen (secondary N) is 1. The minimum absolute atomic E-state index is 0.0864. The largest absolute Gasteiger partial charge is 0.444 e. The molecule has 0 aliphatic heterocycles. The number of nitrogens with two attached hydrogens (primary N) is 1. The topological polar surface area (TPSA) is 64.3 Å². The summed E-state index contributed by atoms with van der Waals surface area (Å²) >= 11 is 0. The Kier molecular flexibility index (Phi) is 5.92. The maximum atomic E-state index is 12.9. The van der Waals surface area contributed by atoms with Gasteiger partial charge < -0.3 is 10.5 Å². The number of hydrogen-bond donors (Lipinski definition) is 2. The highest BCUT2D eigenvalue weighted by atomic mass is 19.4. The molecule has 4 nitrogen and oxygen atoms in total. The van der Waals surface area contributed by atoms with Crippen LogP contribution in [0.1, 0.15) is 52.2 Å². The lowest BCUT2D eigenvalue weighted by molar-refractivity contribution is -0.137. The van der Waals surface area contributed by atoms with Crippen LogP contribution in [-0.4, -0.2) is 17.2 Å². The van der Waals surface area contributed by atoms with E-state index >= 15 is 0 Å². The van der Waals surface area contributed by atoms with E-state index in [0.29, 0.717) is 18.4 Å². The summed E-state index contributed by atoms with van der Waals surface area (Å²) in [6, 6.07) is 3.28. The van der Waals surface area contributed by atoms with Gasteiger partial charge in [-0.2, -0.15) is 13.2 Å². The molecule has 0 saturated carbocycles. The molecule has 1 amide bonds. The zero-order chi connectivity index (χ0) is 18.8. The van der Waals surface area contributed by atoms with Crippen LogP contribution < -0.4 is 11.1 Å². The monoisotopic (exact) mass is 346 g/mol. The van der Waals surface area contributed by atoms with Crippen molar-refractivity contribution in [1.82, 2.24) is 0 Å². The van der Waals surface area contributed by atoms with Gasteiger partial charge in [0.15, 0.2) is 0 Å². The van der Waals surface area contributed by atoms with Gasteiger partial charge in [0, 0.05) is 11.2 Å². The predicted octanol–water partition coefficient (Wildman–Crippen LogP) is 4.72. The highest BCUT2D eigenvalue weighted by Crippen LogP contribution is 2.33. The number of anilines is 1. The van der Waals surface area contributed by atoms with Crippen LogP contribution in [0.3, 0.4) is 0 Å². The van der Waals surface area contributed by atoms with Gasteiger partial charge >= 0.3 is 12.3 Å². The number of benzene rings is 1. The molecule has 7 heteroatoms. The molecule has 1 aromatic rings. The second-order valence-corrected chi connectivity index (χ2v) is 7.49. The minimum atomic E-state index is -4.49. The van der Waals surface area contributed by atoms with Gasteiger partial charge in [0.1, 0.15) is 5.60 Å². The number of hydrogen-bond acceptors (Lipinski definition) is 3. The summed E-state index contributed by atoms with van der Waals surface area (Å²) in [5.74, 6) is 0. The molecule has 0 fully saturated rings. The van der Waals surface area contributed by atoms with E-state index in [1.54, 1.807) is 20.8 Å². The minimum Gasteiger partial charge on any atom is -0.444 e. The lowest BCUT2D eigenvalue weighted by Gasteiger charge is -2.22. The second kappa shape index (κ2) is 7.01. The summed E-state index contributed by atoms with van der Waals surface area (Å²) in [5.41, 5.74) is 4.55. The molecule has 0 saturated heterocycles. The van der Waals surface area contributed by atoms with Crippen molar-refractivity contribution in [3.8, 4) is 0 Å². The van der Waals surface area contributed by atoms with Crippen LogP contribution in [-0.2, 0) is 17.3 Å². The van der Waals surface area contributed by atoms with Gasteiger partial charge in [-0.3, -0.25) is 5.32 Å². The Morgan fingerprint density at radius 2 is 1.75 bits per heavy atom. The first-order valence-electron chi connectivity index (χ1n) is 7.66. The van der Waals surface area contributed by atoms with Gasteiger partial charge in [-0.15, -0.1) is 0 Å². The van der Waals surface area contributed by atoms with Gasteiger partial charge in [-0.1, -0.05) is 6.07 Å². The summed E-state index contributed by atoms with van der Waals surface area (Å²) in [5, 5.41) is 2.41. The Balaban J connectivity index is 3.08. The Morgan fingerprint density at radius 3 is 2.21 bits per heavy atom. The highest BCUT2D eigenvalue weighted by molar-refractivity contribution is 5.86. The summed E-state index contributed by atoms with van der Waals surface area (Å²) in [7, 11) is 0. The average molecular weight is 346 g/mol. The molecule has 24 heavy (non-hydrogen) atoms. The van der Waals surface area contributed by atoms with E-state index in [-0.39, 0.29) is 5.69 Å². The third-order valence-corrected chi connectivity index (χ3v) is 3.11. The summed E-state index contributed by atoms with van der Waals surface area (Å²) in [6.45, 7) is 8.69. The molecule has 0 aromatic heterocycles. The van der Waals surface area contributed by atoms with E-state index in [4.69, 9.17) is 10.5 Å². The fraction of sp³-hybridized carbons (Fsp3) is 0.588. The predicted molar refractivity (Wildman–Crippen MR) is 87.9 cm³/mol. The van der Waals surface area contributed by atoms with Crippen molar-refractivity contribution in [1.29, 1.82) is 0 Å². The number of rotatable bonds is 4. The van der Waals surface area contributed by atoms with Crippen LogP contribution >= 0.6 is 0 Å². The first kappa shape index (κ1) is 20.3. The lowest BCUT2D eigenvalue weighted by atomic mass is 9.95. The number of ether oxygens (including phenoxy) is 1. The molecule has 0 aliphatic rings. The van der Waals surface area contributed by atoms with Crippen LogP contribution in [0.25, 0.3) is 0 Å². The summed E-state index contributed by atoms with van der Waals surface area (Å²) in [4.78, 5) is 11.9. The molecule has 0 atom stereocenters. The molecule has 0 bridgehead atoms. The van der Waals surface area contributed by atoms with Gasteiger partial charge in [0.25, 0.3) is 0 Å². The fourth-order valence-corrected chi connectivity index (χ4v) is 1.96.